The number of rotatable bonds is 5. The lowest BCUT2D eigenvalue weighted by Crippen LogP contribution is -2.41. The van der Waals surface area contributed by atoms with Crippen LogP contribution in [0.1, 0.15) is 58.1 Å². The van der Waals surface area contributed by atoms with Crippen molar-refractivity contribution in [2.45, 2.75) is 53.9 Å². The van der Waals surface area contributed by atoms with Crippen LogP contribution in [0, 0.1) is 24.6 Å². The fourth-order valence-corrected chi connectivity index (χ4v) is 4.56. The topological polar surface area (TPSA) is 18.8 Å². The first-order valence-electron chi connectivity index (χ1n) is 11.5. The van der Waals surface area contributed by atoms with Gasteiger partial charge in [-0.2, -0.15) is 0 Å². The minimum Gasteiger partial charge on any atom is -0.369 e. The molecule has 0 aromatic heterocycles. The summed E-state index contributed by atoms with van der Waals surface area (Å²) in [6, 6.07) is 5.30. The maximum absolute atomic E-state index is 14.4. The summed E-state index contributed by atoms with van der Waals surface area (Å²) in [4.78, 5) is 9.93. The van der Waals surface area contributed by atoms with Gasteiger partial charge in [0, 0.05) is 36.8 Å². The molecule has 168 valence electrons. The van der Waals surface area contributed by atoms with Crippen molar-refractivity contribution in [2.75, 3.05) is 26.2 Å². The van der Waals surface area contributed by atoms with Gasteiger partial charge in [-0.15, -0.1) is 0 Å². The van der Waals surface area contributed by atoms with Crippen molar-refractivity contribution in [2.24, 2.45) is 16.8 Å². The molecule has 0 radical (unpaired) electrons. The third-order valence-corrected chi connectivity index (χ3v) is 6.68. The lowest BCUT2D eigenvalue weighted by Gasteiger charge is -2.37. The molecule has 0 atom stereocenters. The van der Waals surface area contributed by atoms with E-state index in [0.717, 1.165) is 62.3 Å². The number of aryl methyl sites for hydroxylation is 1. The lowest BCUT2D eigenvalue weighted by molar-refractivity contribution is 0.293. The Balaban J connectivity index is 1.73. The summed E-state index contributed by atoms with van der Waals surface area (Å²) < 4.78 is 14.4. The molecule has 2 heterocycles. The van der Waals surface area contributed by atoms with Crippen molar-refractivity contribution in [3.8, 4) is 0 Å². The molecule has 0 aliphatic carbocycles. The van der Waals surface area contributed by atoms with E-state index in [-0.39, 0.29) is 5.82 Å². The number of benzene rings is 1. The Morgan fingerprint density at radius 3 is 2.39 bits per heavy atom. The van der Waals surface area contributed by atoms with Gasteiger partial charge in [0.2, 0.25) is 0 Å². The summed E-state index contributed by atoms with van der Waals surface area (Å²) in [6.07, 6.45) is 3.00. The number of piperidine rings is 1. The Morgan fingerprint density at radius 1 is 1.10 bits per heavy atom. The van der Waals surface area contributed by atoms with E-state index >= 15 is 0 Å². The van der Waals surface area contributed by atoms with Crippen LogP contribution in [0.15, 0.2) is 53.3 Å². The highest BCUT2D eigenvalue weighted by Gasteiger charge is 2.27. The van der Waals surface area contributed by atoms with Crippen molar-refractivity contribution in [3.05, 3.63) is 65.3 Å². The highest BCUT2D eigenvalue weighted by Crippen LogP contribution is 2.33. The number of aliphatic imine (C=N–C) groups is 1. The van der Waals surface area contributed by atoms with E-state index in [1.165, 1.54) is 17.1 Å². The summed E-state index contributed by atoms with van der Waals surface area (Å²) in [5, 5.41) is 0. The smallest absolute Gasteiger partial charge is 0.130 e. The second-order valence-corrected chi connectivity index (χ2v) is 9.53. The fourth-order valence-electron chi connectivity index (χ4n) is 4.56. The zero-order valence-corrected chi connectivity index (χ0v) is 20.0. The summed E-state index contributed by atoms with van der Waals surface area (Å²) in [6.45, 7) is 22.9. The monoisotopic (exact) mass is 423 g/mol. The number of halogens is 1. The van der Waals surface area contributed by atoms with E-state index in [4.69, 9.17) is 4.99 Å². The molecular formula is C27H38FN3. The van der Waals surface area contributed by atoms with Crippen LogP contribution in [-0.2, 0) is 0 Å². The van der Waals surface area contributed by atoms with E-state index in [0.29, 0.717) is 17.4 Å². The van der Waals surface area contributed by atoms with Crippen LogP contribution in [0.4, 0.5) is 4.39 Å². The Bertz CT molecular complexity index is 901. The minimum atomic E-state index is -0.163. The first-order chi connectivity index (χ1) is 14.7. The summed E-state index contributed by atoms with van der Waals surface area (Å²) in [5.74, 6) is 1.68. The SMILES string of the molecule is C=C(c1cc(C)ccc1F)C1CCN(/C(=N/C2=C(C)CCN(C(=C)C)C2)C(C)C)CC1. The number of hydrogen-bond acceptors (Lipinski definition) is 2. The molecule has 0 amide bonds. The normalized spacial score (nSPS) is 18.7. The molecule has 3 rings (SSSR count). The molecular weight excluding hydrogens is 385 g/mol. The summed E-state index contributed by atoms with van der Waals surface area (Å²) in [5.41, 5.74) is 6.36. The second kappa shape index (κ2) is 9.84. The van der Waals surface area contributed by atoms with Crippen LogP contribution < -0.4 is 0 Å². The summed E-state index contributed by atoms with van der Waals surface area (Å²) in [7, 11) is 0. The molecule has 1 aromatic carbocycles. The van der Waals surface area contributed by atoms with E-state index in [9.17, 15) is 4.39 Å². The highest BCUT2D eigenvalue weighted by molar-refractivity contribution is 5.85. The Hall–Kier alpha value is -2.36. The third-order valence-electron chi connectivity index (χ3n) is 6.68. The van der Waals surface area contributed by atoms with Gasteiger partial charge in [-0.3, -0.25) is 0 Å². The average molecular weight is 424 g/mol. The van der Waals surface area contributed by atoms with Crippen molar-refractivity contribution in [3.63, 3.8) is 0 Å². The van der Waals surface area contributed by atoms with Gasteiger partial charge in [0.1, 0.15) is 11.7 Å². The third kappa shape index (κ3) is 5.47. The van der Waals surface area contributed by atoms with E-state index in [2.05, 4.69) is 50.7 Å². The van der Waals surface area contributed by atoms with Crippen LogP contribution in [0.25, 0.3) is 5.57 Å². The molecule has 3 nitrogen and oxygen atoms in total. The maximum Gasteiger partial charge on any atom is 0.130 e. The van der Waals surface area contributed by atoms with Crippen molar-refractivity contribution >= 4 is 11.4 Å². The molecule has 0 saturated carbocycles. The molecule has 2 aliphatic rings. The Labute approximate surface area is 188 Å². The first-order valence-corrected chi connectivity index (χ1v) is 11.5. The predicted octanol–water partition coefficient (Wildman–Crippen LogP) is 6.43. The Morgan fingerprint density at radius 2 is 1.77 bits per heavy atom. The van der Waals surface area contributed by atoms with Gasteiger partial charge < -0.3 is 9.80 Å². The number of nitrogens with zero attached hydrogens (tertiary/aromatic N) is 3. The van der Waals surface area contributed by atoms with E-state index < -0.39 is 0 Å². The number of hydrogen-bond donors (Lipinski definition) is 0. The van der Waals surface area contributed by atoms with Crippen LogP contribution >= 0.6 is 0 Å². The second-order valence-electron chi connectivity index (χ2n) is 9.53. The lowest BCUT2D eigenvalue weighted by atomic mass is 9.85. The predicted molar refractivity (Wildman–Crippen MR) is 130 cm³/mol. The van der Waals surface area contributed by atoms with Crippen LogP contribution in [0.2, 0.25) is 0 Å². The first kappa shape index (κ1) is 23.3. The van der Waals surface area contributed by atoms with Gasteiger partial charge >= 0.3 is 0 Å². The number of amidine groups is 1. The maximum atomic E-state index is 14.4. The van der Waals surface area contributed by atoms with Gasteiger partial charge in [0.05, 0.1) is 12.2 Å². The standard InChI is InChI=1S/C27H38FN3/c1-18(2)27(29-26-17-31(19(3)4)13-10-21(26)6)30-14-11-23(12-15-30)22(7)24-16-20(5)8-9-25(24)28/h8-9,16,18,23H,3,7,10-15,17H2,1-2,4-6H3/b29-27+. The van der Waals surface area contributed by atoms with Crippen molar-refractivity contribution < 1.29 is 4.39 Å². The average Bonchev–Trinajstić information content (AvgIpc) is 2.74. The molecule has 2 aliphatic heterocycles. The zero-order valence-electron chi connectivity index (χ0n) is 20.0. The minimum absolute atomic E-state index is 0.163. The number of likely N-dealkylation sites (tertiary alicyclic amines) is 1. The molecule has 0 bridgehead atoms. The molecule has 1 aromatic rings. The van der Waals surface area contributed by atoms with Gasteiger partial charge in [-0.25, -0.2) is 9.38 Å². The van der Waals surface area contributed by atoms with Gasteiger partial charge in [0.15, 0.2) is 0 Å². The zero-order chi connectivity index (χ0) is 22.7. The molecule has 0 spiro atoms. The van der Waals surface area contributed by atoms with Crippen molar-refractivity contribution in [1.29, 1.82) is 0 Å². The largest absolute Gasteiger partial charge is 0.369 e. The molecule has 1 saturated heterocycles. The van der Waals surface area contributed by atoms with Crippen LogP contribution in [0.3, 0.4) is 0 Å². The molecule has 1 fully saturated rings. The summed E-state index contributed by atoms with van der Waals surface area (Å²) >= 11 is 0. The molecule has 31 heavy (non-hydrogen) atoms. The fraction of sp³-hybridized carbons (Fsp3) is 0.519. The number of allylic oxidation sites excluding steroid dienone is 2. The quantitative estimate of drug-likeness (QED) is 0.401. The van der Waals surface area contributed by atoms with E-state index in [1.807, 2.05) is 19.1 Å². The van der Waals surface area contributed by atoms with Crippen molar-refractivity contribution in [1.82, 2.24) is 9.80 Å². The van der Waals surface area contributed by atoms with E-state index in [1.54, 1.807) is 6.07 Å². The molecule has 0 unspecified atom stereocenters. The molecule has 4 heteroatoms. The Kier molecular flexibility index (Phi) is 7.40. The van der Waals surface area contributed by atoms with Crippen LogP contribution in [-0.4, -0.2) is 41.8 Å². The highest BCUT2D eigenvalue weighted by atomic mass is 19.1. The van der Waals surface area contributed by atoms with Crippen LogP contribution in [0.5, 0.6) is 0 Å². The van der Waals surface area contributed by atoms with Gasteiger partial charge in [-0.05, 0) is 69.2 Å². The van der Waals surface area contributed by atoms with Gasteiger partial charge in [0.25, 0.3) is 0 Å². The molecule has 0 N–H and O–H groups in total. The van der Waals surface area contributed by atoms with Gasteiger partial charge in [-0.1, -0.05) is 38.6 Å².